The van der Waals surface area contributed by atoms with Crippen LogP contribution in [0.4, 0.5) is 8.78 Å². The predicted molar refractivity (Wildman–Crippen MR) is 127 cm³/mol. The first-order valence-corrected chi connectivity index (χ1v) is 12.7. The van der Waals surface area contributed by atoms with Crippen LogP contribution in [0.2, 0.25) is 0 Å². The third-order valence-electron chi connectivity index (χ3n) is 7.51. The molecule has 1 aromatic heterocycles. The normalized spacial score (nSPS) is 24.9. The first-order chi connectivity index (χ1) is 17.0. The second-order valence-corrected chi connectivity index (χ2v) is 11.5. The van der Waals surface area contributed by atoms with E-state index >= 15 is 0 Å². The fourth-order valence-electron chi connectivity index (χ4n) is 5.58. The highest BCUT2D eigenvalue weighted by Crippen LogP contribution is 2.40. The molecular weight excluding hydrogens is 468 g/mol. The number of carbonyl (C=O) groups is 2. The van der Waals surface area contributed by atoms with Crippen LogP contribution in [0.1, 0.15) is 87.7 Å². The predicted octanol–water partition coefficient (Wildman–Crippen LogP) is 3.18. The number of β-amino-alcohol motifs (C(OH)–C–C–N with tert-alkyl or cyclic N) is 1. The Bertz CT molecular complexity index is 1170. The maximum absolute atomic E-state index is 14.3. The van der Waals surface area contributed by atoms with Gasteiger partial charge in [0.15, 0.2) is 0 Å². The average molecular weight is 502 g/mol. The smallest absolute Gasteiger partial charge is 0.248 e. The van der Waals surface area contributed by atoms with Crippen molar-refractivity contribution in [3.8, 4) is 0 Å². The molecule has 2 heterocycles. The third kappa shape index (κ3) is 4.75. The van der Waals surface area contributed by atoms with Crippen LogP contribution >= 0.6 is 0 Å². The number of aliphatic hydroxyl groups excluding tert-OH is 1. The number of hydrogen-bond acceptors (Lipinski definition) is 5. The molecule has 10 heteroatoms. The van der Waals surface area contributed by atoms with Gasteiger partial charge in [0, 0.05) is 31.1 Å². The monoisotopic (exact) mass is 501 g/mol. The van der Waals surface area contributed by atoms with Crippen LogP contribution in [0.25, 0.3) is 0 Å². The number of aliphatic hydroxyl groups is 1. The average Bonchev–Trinajstić information content (AvgIpc) is 3.40. The molecule has 2 amide bonds. The summed E-state index contributed by atoms with van der Waals surface area (Å²) in [4.78, 5) is 28.7. The zero-order chi connectivity index (χ0) is 25.8. The summed E-state index contributed by atoms with van der Waals surface area (Å²) in [7, 11) is 0. The molecule has 0 spiro atoms. The molecule has 194 valence electrons. The van der Waals surface area contributed by atoms with E-state index in [1.54, 1.807) is 4.68 Å². The molecule has 36 heavy (non-hydrogen) atoms. The van der Waals surface area contributed by atoms with Gasteiger partial charge < -0.3 is 15.3 Å². The lowest BCUT2D eigenvalue weighted by molar-refractivity contribution is -0.144. The lowest BCUT2D eigenvalue weighted by Gasteiger charge is -2.35. The second kappa shape index (κ2) is 9.21. The molecule has 8 nitrogen and oxygen atoms in total. The summed E-state index contributed by atoms with van der Waals surface area (Å²) in [5.74, 6) is -1.66. The lowest BCUT2D eigenvalue weighted by atomic mass is 9.85. The number of aromatic nitrogens is 3. The van der Waals surface area contributed by atoms with Gasteiger partial charge in [-0.2, -0.15) is 0 Å². The minimum absolute atomic E-state index is 0.0260. The highest BCUT2D eigenvalue weighted by atomic mass is 19.1. The van der Waals surface area contributed by atoms with E-state index in [0.29, 0.717) is 36.3 Å². The topological polar surface area (TPSA) is 100 Å². The van der Waals surface area contributed by atoms with Crippen LogP contribution in [0, 0.1) is 17.0 Å². The molecule has 0 unspecified atom stereocenters. The Morgan fingerprint density at radius 3 is 2.64 bits per heavy atom. The van der Waals surface area contributed by atoms with Gasteiger partial charge >= 0.3 is 0 Å². The summed E-state index contributed by atoms with van der Waals surface area (Å²) in [6.45, 7) is 5.81. The number of nitrogens with zero attached hydrogens (tertiary/aromatic N) is 4. The lowest BCUT2D eigenvalue weighted by Crippen LogP contribution is -2.51. The van der Waals surface area contributed by atoms with Crippen LogP contribution in [0.15, 0.2) is 18.3 Å². The largest absolute Gasteiger partial charge is 0.391 e. The Kier molecular flexibility index (Phi) is 6.34. The summed E-state index contributed by atoms with van der Waals surface area (Å²) in [5, 5.41) is 21.8. The molecule has 2 N–H and O–H groups in total. The summed E-state index contributed by atoms with van der Waals surface area (Å²) < 4.78 is 29.9. The molecule has 1 saturated heterocycles. The maximum Gasteiger partial charge on any atom is 0.248 e. The molecule has 2 aromatic rings. The van der Waals surface area contributed by atoms with Crippen LogP contribution in [0.3, 0.4) is 0 Å². The van der Waals surface area contributed by atoms with Gasteiger partial charge in [-0.1, -0.05) is 26.0 Å². The number of likely N-dealkylation sites (tertiary alicyclic amines) is 1. The van der Waals surface area contributed by atoms with Gasteiger partial charge in [0.1, 0.15) is 23.7 Å². The zero-order valence-electron chi connectivity index (χ0n) is 20.9. The molecule has 1 aliphatic heterocycles. The first-order valence-electron chi connectivity index (χ1n) is 12.7. The molecule has 2 fully saturated rings. The van der Waals surface area contributed by atoms with Crippen molar-refractivity contribution in [2.75, 3.05) is 6.54 Å². The van der Waals surface area contributed by atoms with Crippen LogP contribution < -0.4 is 5.32 Å². The molecule has 0 bridgehead atoms. The molecular formula is C26H33F2N5O3. The van der Waals surface area contributed by atoms with Crippen molar-refractivity contribution in [3.63, 3.8) is 0 Å². The third-order valence-corrected chi connectivity index (χ3v) is 7.51. The van der Waals surface area contributed by atoms with Crippen LogP contribution in [0.5, 0.6) is 0 Å². The van der Waals surface area contributed by atoms with Gasteiger partial charge in [0.25, 0.3) is 0 Å². The standard InChI is InChI=1S/C26H33F2N5O3/c1-26(2,3)23(33-13-21(30-31-33)14-7-8-14)25(36)32-12-16(34)11-22(32)24(35)29-20-6-4-5-17-18(20)9-15(27)10-19(17)28/h9-10,13-14,16,20,22-23,34H,4-8,11-12H2,1-3H3,(H,29,35)/t16-,20-,22+,23-/m1/s1. The van der Waals surface area contributed by atoms with Gasteiger partial charge in [0.2, 0.25) is 11.8 Å². The number of halogens is 2. The van der Waals surface area contributed by atoms with Gasteiger partial charge in [-0.15, -0.1) is 5.10 Å². The Hall–Kier alpha value is -2.88. The number of nitrogens with one attached hydrogen (secondary N) is 1. The van der Waals surface area contributed by atoms with E-state index in [-0.39, 0.29) is 18.9 Å². The number of benzene rings is 1. The van der Waals surface area contributed by atoms with Gasteiger partial charge in [-0.3, -0.25) is 9.59 Å². The Labute approximate surface area is 209 Å². The molecule has 1 aromatic carbocycles. The summed E-state index contributed by atoms with van der Waals surface area (Å²) in [6, 6.07) is -0.0326. The van der Waals surface area contributed by atoms with E-state index < -0.39 is 47.2 Å². The fourth-order valence-corrected chi connectivity index (χ4v) is 5.58. The van der Waals surface area contributed by atoms with Gasteiger partial charge in [-0.25, -0.2) is 13.5 Å². The van der Waals surface area contributed by atoms with Crippen LogP contribution in [-0.4, -0.2) is 55.5 Å². The van der Waals surface area contributed by atoms with Crippen molar-refractivity contribution in [1.82, 2.24) is 25.2 Å². The Balaban J connectivity index is 1.38. The Morgan fingerprint density at radius 1 is 1.19 bits per heavy atom. The van der Waals surface area contributed by atoms with Crippen molar-refractivity contribution in [2.45, 2.75) is 89.4 Å². The van der Waals surface area contributed by atoms with E-state index in [9.17, 15) is 23.5 Å². The summed E-state index contributed by atoms with van der Waals surface area (Å²) >= 11 is 0. The minimum Gasteiger partial charge on any atom is -0.391 e. The second-order valence-electron chi connectivity index (χ2n) is 11.5. The minimum atomic E-state index is -0.896. The van der Waals surface area contributed by atoms with Crippen molar-refractivity contribution in [1.29, 1.82) is 0 Å². The SMILES string of the molecule is CC(C)(C)[C@@H](C(=O)N1C[C@H](O)C[C@H]1C(=O)N[C@@H]1CCCc2c(F)cc(F)cc21)n1cc(C2CC2)nn1. The molecule has 2 aliphatic carbocycles. The highest BCUT2D eigenvalue weighted by molar-refractivity contribution is 5.90. The molecule has 4 atom stereocenters. The van der Waals surface area contributed by atoms with Crippen molar-refractivity contribution < 1.29 is 23.5 Å². The number of carbonyl (C=O) groups excluding carboxylic acids is 2. The van der Waals surface area contributed by atoms with Crippen molar-refractivity contribution in [2.24, 2.45) is 5.41 Å². The maximum atomic E-state index is 14.3. The number of amides is 2. The summed E-state index contributed by atoms with van der Waals surface area (Å²) in [6.07, 6.45) is 4.85. The fraction of sp³-hybridized carbons (Fsp3) is 0.615. The quantitative estimate of drug-likeness (QED) is 0.656. The first kappa shape index (κ1) is 24.8. The number of fused-ring (bicyclic) bond motifs is 1. The molecule has 3 aliphatic rings. The van der Waals surface area contributed by atoms with Crippen molar-refractivity contribution >= 4 is 11.8 Å². The number of hydrogen-bond donors (Lipinski definition) is 2. The van der Waals surface area contributed by atoms with Gasteiger partial charge in [-0.05, 0) is 54.7 Å². The van der Waals surface area contributed by atoms with E-state index in [1.165, 1.54) is 11.0 Å². The Morgan fingerprint density at radius 2 is 1.94 bits per heavy atom. The number of rotatable bonds is 5. The van der Waals surface area contributed by atoms with E-state index in [2.05, 4.69) is 15.6 Å². The molecule has 5 rings (SSSR count). The summed E-state index contributed by atoms with van der Waals surface area (Å²) in [5.41, 5.74) is 1.18. The molecule has 1 saturated carbocycles. The highest BCUT2D eigenvalue weighted by Gasteiger charge is 2.46. The van der Waals surface area contributed by atoms with E-state index in [1.807, 2.05) is 27.0 Å². The van der Waals surface area contributed by atoms with Crippen molar-refractivity contribution in [3.05, 3.63) is 46.8 Å². The van der Waals surface area contributed by atoms with E-state index in [0.717, 1.165) is 24.6 Å². The zero-order valence-corrected chi connectivity index (χ0v) is 20.9. The van der Waals surface area contributed by atoms with E-state index in [4.69, 9.17) is 0 Å². The van der Waals surface area contributed by atoms with Gasteiger partial charge in [0.05, 0.1) is 17.8 Å². The van der Waals surface area contributed by atoms with Crippen LogP contribution in [-0.2, 0) is 16.0 Å². The molecule has 0 radical (unpaired) electrons.